The molecule has 7 heteroatoms. The molecule has 88 valence electrons. The van der Waals surface area contributed by atoms with E-state index in [-0.39, 0.29) is 18.2 Å². The van der Waals surface area contributed by atoms with Crippen molar-refractivity contribution in [2.24, 2.45) is 7.05 Å². The maximum atomic E-state index is 11.7. The van der Waals surface area contributed by atoms with Crippen LogP contribution < -0.4 is 5.32 Å². The highest BCUT2D eigenvalue weighted by atomic mass is 16.3. The third-order valence-corrected chi connectivity index (χ3v) is 2.20. The lowest BCUT2D eigenvalue weighted by molar-refractivity contribution is 0.0949. The summed E-state index contributed by atoms with van der Waals surface area (Å²) >= 11 is 0. The first-order chi connectivity index (χ1) is 8.16. The van der Waals surface area contributed by atoms with Gasteiger partial charge in [0.05, 0.1) is 18.3 Å². The molecule has 0 unspecified atom stereocenters. The van der Waals surface area contributed by atoms with E-state index < -0.39 is 0 Å². The molecule has 1 amide bonds. The van der Waals surface area contributed by atoms with Gasteiger partial charge in [0.1, 0.15) is 12.1 Å². The summed E-state index contributed by atoms with van der Waals surface area (Å²) < 4.78 is 1.71. The SMILES string of the molecule is Cn1cnnc1CNC(=O)c1cncc(O)c1. The van der Waals surface area contributed by atoms with E-state index in [1.165, 1.54) is 18.5 Å². The van der Waals surface area contributed by atoms with Crippen molar-refractivity contribution in [3.8, 4) is 5.75 Å². The molecule has 0 aliphatic carbocycles. The highest BCUT2D eigenvalue weighted by Gasteiger charge is 2.08. The number of hydrogen-bond acceptors (Lipinski definition) is 5. The molecule has 2 N–H and O–H groups in total. The van der Waals surface area contributed by atoms with Gasteiger partial charge in [0.15, 0.2) is 5.82 Å². The van der Waals surface area contributed by atoms with Crippen LogP contribution in [0, 0.1) is 0 Å². The summed E-state index contributed by atoms with van der Waals surface area (Å²) in [7, 11) is 1.79. The molecule has 2 aromatic heterocycles. The van der Waals surface area contributed by atoms with E-state index in [1.54, 1.807) is 17.9 Å². The van der Waals surface area contributed by atoms with Crippen LogP contribution in [-0.2, 0) is 13.6 Å². The lowest BCUT2D eigenvalue weighted by Gasteiger charge is -2.04. The summed E-state index contributed by atoms with van der Waals surface area (Å²) in [6, 6.07) is 1.35. The number of carbonyl (C=O) groups excluding carboxylic acids is 1. The Balaban J connectivity index is 2.01. The van der Waals surface area contributed by atoms with Crippen molar-refractivity contribution in [1.82, 2.24) is 25.1 Å². The molecular formula is C10H11N5O2. The maximum absolute atomic E-state index is 11.7. The van der Waals surface area contributed by atoms with Crippen LogP contribution in [-0.4, -0.2) is 30.8 Å². The van der Waals surface area contributed by atoms with Crippen LogP contribution in [0.3, 0.4) is 0 Å². The standard InChI is InChI=1S/C10H11N5O2/c1-15-6-13-14-9(15)5-12-10(17)7-2-8(16)4-11-3-7/h2-4,6,16H,5H2,1H3,(H,12,17). The second kappa shape index (κ2) is 4.60. The molecule has 0 spiro atoms. The number of amides is 1. The molecule has 0 saturated heterocycles. The van der Waals surface area contributed by atoms with Crippen molar-refractivity contribution in [3.63, 3.8) is 0 Å². The van der Waals surface area contributed by atoms with E-state index in [0.29, 0.717) is 11.4 Å². The van der Waals surface area contributed by atoms with Gasteiger partial charge in [-0.25, -0.2) is 0 Å². The van der Waals surface area contributed by atoms with Gasteiger partial charge in [0, 0.05) is 13.2 Å². The Hall–Kier alpha value is -2.44. The van der Waals surface area contributed by atoms with E-state index in [4.69, 9.17) is 0 Å². The lowest BCUT2D eigenvalue weighted by atomic mass is 10.2. The molecule has 0 aliphatic heterocycles. The fourth-order valence-corrected chi connectivity index (χ4v) is 1.28. The van der Waals surface area contributed by atoms with Crippen molar-refractivity contribution >= 4 is 5.91 Å². The monoisotopic (exact) mass is 233 g/mol. The molecule has 0 saturated carbocycles. The summed E-state index contributed by atoms with van der Waals surface area (Å²) in [4.78, 5) is 15.4. The Morgan fingerprint density at radius 3 is 3.00 bits per heavy atom. The Bertz CT molecular complexity index is 537. The first-order valence-corrected chi connectivity index (χ1v) is 4.92. The van der Waals surface area contributed by atoms with Crippen LogP contribution >= 0.6 is 0 Å². The lowest BCUT2D eigenvalue weighted by Crippen LogP contribution is -2.24. The van der Waals surface area contributed by atoms with Gasteiger partial charge in [-0.05, 0) is 6.07 Å². The molecule has 0 aromatic carbocycles. The summed E-state index contributed by atoms with van der Waals surface area (Å²) in [6.07, 6.45) is 4.20. The normalized spacial score (nSPS) is 10.2. The van der Waals surface area contributed by atoms with Crippen molar-refractivity contribution in [3.05, 3.63) is 36.2 Å². The number of carbonyl (C=O) groups is 1. The van der Waals surface area contributed by atoms with Gasteiger partial charge in [-0.2, -0.15) is 0 Å². The molecule has 0 radical (unpaired) electrons. The second-order valence-electron chi connectivity index (χ2n) is 3.47. The molecule has 2 heterocycles. The van der Waals surface area contributed by atoms with Crippen LogP contribution in [0.4, 0.5) is 0 Å². The highest BCUT2D eigenvalue weighted by Crippen LogP contribution is 2.08. The Morgan fingerprint density at radius 1 is 1.53 bits per heavy atom. The predicted octanol–water partition coefficient (Wildman–Crippen LogP) is -0.154. The van der Waals surface area contributed by atoms with Crippen molar-refractivity contribution < 1.29 is 9.90 Å². The zero-order chi connectivity index (χ0) is 12.3. The average Bonchev–Trinajstić information content (AvgIpc) is 2.72. The zero-order valence-electron chi connectivity index (χ0n) is 9.16. The summed E-state index contributed by atoms with van der Waals surface area (Å²) in [6.45, 7) is 0.269. The molecule has 17 heavy (non-hydrogen) atoms. The highest BCUT2D eigenvalue weighted by molar-refractivity contribution is 5.94. The number of aryl methyl sites for hydroxylation is 1. The number of nitrogens with zero attached hydrogens (tertiary/aromatic N) is 4. The number of aromatic nitrogens is 4. The predicted molar refractivity (Wildman–Crippen MR) is 58.1 cm³/mol. The minimum absolute atomic E-state index is 0.0451. The van der Waals surface area contributed by atoms with E-state index in [2.05, 4.69) is 20.5 Å². The first-order valence-electron chi connectivity index (χ1n) is 4.92. The second-order valence-corrected chi connectivity index (χ2v) is 3.47. The summed E-state index contributed by atoms with van der Waals surface area (Å²) in [5.74, 6) is 0.277. The van der Waals surface area contributed by atoms with Gasteiger partial charge in [-0.3, -0.25) is 9.78 Å². The Kier molecular flexibility index (Phi) is 2.99. The van der Waals surface area contributed by atoms with Crippen LogP contribution in [0.1, 0.15) is 16.2 Å². The van der Waals surface area contributed by atoms with Gasteiger partial charge < -0.3 is 15.0 Å². The quantitative estimate of drug-likeness (QED) is 0.768. The van der Waals surface area contributed by atoms with Crippen LogP contribution in [0.15, 0.2) is 24.8 Å². The fourth-order valence-electron chi connectivity index (χ4n) is 1.28. The third kappa shape index (κ3) is 2.57. The van der Waals surface area contributed by atoms with Crippen molar-refractivity contribution in [2.75, 3.05) is 0 Å². The molecule has 0 bridgehead atoms. The first kappa shape index (κ1) is 11.1. The maximum Gasteiger partial charge on any atom is 0.253 e. The molecule has 7 nitrogen and oxygen atoms in total. The minimum atomic E-state index is -0.323. The number of hydrogen-bond donors (Lipinski definition) is 2. The van der Waals surface area contributed by atoms with Crippen molar-refractivity contribution in [2.45, 2.75) is 6.54 Å². The van der Waals surface area contributed by atoms with E-state index >= 15 is 0 Å². The zero-order valence-corrected chi connectivity index (χ0v) is 9.16. The smallest absolute Gasteiger partial charge is 0.253 e. The molecule has 0 atom stereocenters. The van der Waals surface area contributed by atoms with Crippen LogP contribution in [0.2, 0.25) is 0 Å². The summed E-state index contributed by atoms with van der Waals surface area (Å²) in [5.41, 5.74) is 0.298. The van der Waals surface area contributed by atoms with Crippen LogP contribution in [0.5, 0.6) is 5.75 Å². The Labute approximate surface area is 97.1 Å². The van der Waals surface area contributed by atoms with Gasteiger partial charge in [0.2, 0.25) is 0 Å². The largest absolute Gasteiger partial charge is 0.506 e. The average molecular weight is 233 g/mol. The van der Waals surface area contributed by atoms with Gasteiger partial charge in [-0.15, -0.1) is 10.2 Å². The number of pyridine rings is 1. The fraction of sp³-hybridized carbons (Fsp3) is 0.200. The van der Waals surface area contributed by atoms with E-state index in [9.17, 15) is 9.90 Å². The summed E-state index contributed by atoms with van der Waals surface area (Å²) in [5, 5.41) is 19.4. The van der Waals surface area contributed by atoms with Gasteiger partial charge in [0.25, 0.3) is 5.91 Å². The molecular weight excluding hydrogens is 222 g/mol. The van der Waals surface area contributed by atoms with Crippen LogP contribution in [0.25, 0.3) is 0 Å². The third-order valence-electron chi connectivity index (χ3n) is 2.20. The Morgan fingerprint density at radius 2 is 2.35 bits per heavy atom. The van der Waals surface area contributed by atoms with E-state index in [1.807, 2.05) is 0 Å². The van der Waals surface area contributed by atoms with Crippen molar-refractivity contribution in [1.29, 1.82) is 0 Å². The number of aromatic hydroxyl groups is 1. The number of rotatable bonds is 3. The minimum Gasteiger partial charge on any atom is -0.506 e. The van der Waals surface area contributed by atoms with Gasteiger partial charge in [-0.1, -0.05) is 0 Å². The topological polar surface area (TPSA) is 92.9 Å². The van der Waals surface area contributed by atoms with E-state index in [0.717, 1.165) is 0 Å². The molecule has 0 aliphatic rings. The molecule has 0 fully saturated rings. The molecule has 2 aromatic rings. The number of nitrogens with one attached hydrogen (secondary N) is 1. The molecule has 2 rings (SSSR count). The van der Waals surface area contributed by atoms with Gasteiger partial charge >= 0.3 is 0 Å².